The molecule has 0 aliphatic carbocycles. The lowest BCUT2D eigenvalue weighted by Crippen LogP contribution is -2.21. The second-order valence-electron chi connectivity index (χ2n) is 2.79. The zero-order chi connectivity index (χ0) is 12.1. The van der Waals surface area contributed by atoms with Crippen LogP contribution in [0.25, 0.3) is 0 Å². The van der Waals surface area contributed by atoms with E-state index >= 15 is 0 Å². The predicted molar refractivity (Wildman–Crippen MR) is 71.8 cm³/mol. The van der Waals surface area contributed by atoms with Gasteiger partial charge in [-0.25, -0.2) is 0 Å². The van der Waals surface area contributed by atoms with Crippen LogP contribution in [-0.2, 0) is 0 Å². The van der Waals surface area contributed by atoms with Crippen molar-refractivity contribution in [3.05, 3.63) is 26.6 Å². The van der Waals surface area contributed by atoms with Crippen molar-refractivity contribution in [3.8, 4) is 5.75 Å². The van der Waals surface area contributed by atoms with E-state index in [4.69, 9.17) is 16.2 Å². The topological polar surface area (TPSA) is 86.0 Å². The van der Waals surface area contributed by atoms with Gasteiger partial charge in [-0.15, -0.1) is 5.10 Å². The number of nitrogens with zero attached hydrogens (tertiary/aromatic N) is 2. The van der Waals surface area contributed by atoms with Crippen molar-refractivity contribution >= 4 is 44.0 Å². The molecule has 0 bridgehead atoms. The number of benzene rings is 1. The first-order valence-electron chi connectivity index (χ1n) is 4.19. The van der Waals surface area contributed by atoms with Crippen LogP contribution in [-0.4, -0.2) is 19.3 Å². The van der Waals surface area contributed by atoms with Gasteiger partial charge < -0.3 is 16.2 Å². The Hall–Kier alpha value is -1.08. The van der Waals surface area contributed by atoms with Crippen LogP contribution in [0.2, 0.25) is 0 Å². The molecule has 5 nitrogen and oxygen atoms in total. The summed E-state index contributed by atoms with van der Waals surface area (Å²) < 4.78 is 6.80. The summed E-state index contributed by atoms with van der Waals surface area (Å²) in [6.07, 6.45) is 1.54. The normalized spacial score (nSPS) is 10.4. The Balaban J connectivity index is 3.00. The molecule has 4 N–H and O–H groups in total. The molecule has 0 heterocycles. The largest absolute Gasteiger partial charge is 0.494 e. The zero-order valence-electron chi connectivity index (χ0n) is 8.45. The summed E-state index contributed by atoms with van der Waals surface area (Å²) in [6.45, 7) is 0. The Morgan fingerprint density at radius 3 is 2.31 bits per heavy atom. The highest BCUT2D eigenvalue weighted by Gasteiger charge is 2.06. The van der Waals surface area contributed by atoms with Gasteiger partial charge in [0.05, 0.1) is 22.3 Å². The minimum Gasteiger partial charge on any atom is -0.494 e. The van der Waals surface area contributed by atoms with E-state index in [0.29, 0.717) is 0 Å². The number of nitrogens with two attached hydrogens (primary N) is 2. The summed E-state index contributed by atoms with van der Waals surface area (Å²) >= 11 is 6.75. The van der Waals surface area contributed by atoms with Crippen LogP contribution in [0.1, 0.15) is 5.56 Å². The molecule has 0 unspecified atom stereocenters. The molecule has 0 atom stereocenters. The molecule has 16 heavy (non-hydrogen) atoms. The summed E-state index contributed by atoms with van der Waals surface area (Å²) in [4.78, 5) is 0. The molecular formula is C9H10Br2N4O. The SMILES string of the molecule is COc1c(Br)cc(/C=N\N=C(N)N)cc1Br. The van der Waals surface area contributed by atoms with Crippen molar-refractivity contribution in [3.63, 3.8) is 0 Å². The van der Waals surface area contributed by atoms with E-state index in [1.54, 1.807) is 7.11 Å². The zero-order valence-corrected chi connectivity index (χ0v) is 11.6. The highest BCUT2D eigenvalue weighted by molar-refractivity contribution is 9.11. The van der Waals surface area contributed by atoms with Gasteiger partial charge in [0, 0.05) is 0 Å². The molecule has 0 fully saturated rings. The average Bonchev–Trinajstić information content (AvgIpc) is 2.16. The highest BCUT2D eigenvalue weighted by Crippen LogP contribution is 2.33. The summed E-state index contributed by atoms with van der Waals surface area (Å²) in [5.41, 5.74) is 11.1. The fourth-order valence-corrected chi connectivity index (χ4v) is 2.56. The third kappa shape index (κ3) is 3.49. The van der Waals surface area contributed by atoms with Crippen molar-refractivity contribution in [2.24, 2.45) is 21.7 Å². The van der Waals surface area contributed by atoms with E-state index in [1.165, 1.54) is 6.21 Å². The first-order chi connectivity index (χ1) is 7.54. The first kappa shape index (κ1) is 13.0. The van der Waals surface area contributed by atoms with Gasteiger partial charge in [-0.2, -0.15) is 5.10 Å². The molecule has 0 amide bonds. The second-order valence-corrected chi connectivity index (χ2v) is 4.50. The smallest absolute Gasteiger partial charge is 0.211 e. The molecule has 7 heteroatoms. The number of ether oxygens (including phenoxy) is 1. The van der Waals surface area contributed by atoms with Gasteiger partial charge in [0.2, 0.25) is 5.96 Å². The van der Waals surface area contributed by atoms with Crippen LogP contribution in [0.4, 0.5) is 0 Å². The van der Waals surface area contributed by atoms with Crippen LogP contribution >= 0.6 is 31.9 Å². The standard InChI is InChI=1S/C9H10Br2N4O/c1-16-8-6(10)2-5(3-7(8)11)4-14-15-9(12)13/h2-4H,1H3,(H4,12,13,15)/b14-4-. The summed E-state index contributed by atoms with van der Waals surface area (Å²) in [5, 5.41) is 7.21. The van der Waals surface area contributed by atoms with Gasteiger partial charge >= 0.3 is 0 Å². The lowest BCUT2D eigenvalue weighted by Gasteiger charge is -2.06. The maximum Gasteiger partial charge on any atom is 0.211 e. The Labute approximate surface area is 110 Å². The number of halogens is 2. The van der Waals surface area contributed by atoms with Gasteiger partial charge in [-0.1, -0.05) is 0 Å². The molecule has 0 saturated carbocycles. The Morgan fingerprint density at radius 1 is 1.31 bits per heavy atom. The van der Waals surface area contributed by atoms with Crippen molar-refractivity contribution in [2.45, 2.75) is 0 Å². The molecule has 86 valence electrons. The Kier molecular flexibility index (Phi) is 4.75. The Bertz CT molecular complexity index is 418. The monoisotopic (exact) mass is 348 g/mol. The predicted octanol–water partition coefficient (Wildman–Crippen LogP) is 1.83. The van der Waals surface area contributed by atoms with Crippen molar-refractivity contribution < 1.29 is 4.74 Å². The average molecular weight is 350 g/mol. The van der Waals surface area contributed by atoms with Crippen LogP contribution in [0.15, 0.2) is 31.3 Å². The summed E-state index contributed by atoms with van der Waals surface area (Å²) in [5.74, 6) is 0.641. The fraction of sp³-hybridized carbons (Fsp3) is 0.111. The number of guanidine groups is 1. The first-order valence-corrected chi connectivity index (χ1v) is 5.78. The third-order valence-electron chi connectivity index (χ3n) is 1.60. The molecule has 0 spiro atoms. The third-order valence-corrected chi connectivity index (χ3v) is 2.78. The number of methoxy groups -OCH3 is 1. The van der Waals surface area contributed by atoms with E-state index in [-0.39, 0.29) is 5.96 Å². The van der Waals surface area contributed by atoms with E-state index in [9.17, 15) is 0 Å². The molecule has 1 aromatic carbocycles. The molecule has 1 aromatic rings. The van der Waals surface area contributed by atoms with Crippen LogP contribution in [0.5, 0.6) is 5.75 Å². The fourth-order valence-electron chi connectivity index (χ4n) is 1.01. The van der Waals surface area contributed by atoms with E-state index < -0.39 is 0 Å². The number of hydrogen-bond donors (Lipinski definition) is 2. The maximum atomic E-state index is 5.17. The van der Waals surface area contributed by atoms with Crippen LogP contribution in [0.3, 0.4) is 0 Å². The van der Waals surface area contributed by atoms with Crippen molar-refractivity contribution in [1.82, 2.24) is 0 Å². The van der Waals surface area contributed by atoms with E-state index in [2.05, 4.69) is 42.1 Å². The van der Waals surface area contributed by atoms with E-state index in [1.807, 2.05) is 12.1 Å². The lowest BCUT2D eigenvalue weighted by molar-refractivity contribution is 0.409. The van der Waals surface area contributed by atoms with Crippen molar-refractivity contribution in [1.29, 1.82) is 0 Å². The minimum atomic E-state index is -0.0807. The number of hydrogen-bond acceptors (Lipinski definition) is 3. The molecular weight excluding hydrogens is 340 g/mol. The lowest BCUT2D eigenvalue weighted by atomic mass is 10.2. The molecule has 0 aliphatic rings. The molecule has 0 aromatic heterocycles. The molecule has 0 radical (unpaired) electrons. The van der Waals surface area contributed by atoms with Gasteiger partial charge in [0.1, 0.15) is 5.75 Å². The second kappa shape index (κ2) is 5.86. The van der Waals surface area contributed by atoms with Crippen LogP contribution in [0, 0.1) is 0 Å². The van der Waals surface area contributed by atoms with Crippen LogP contribution < -0.4 is 16.2 Å². The maximum absolute atomic E-state index is 5.17. The van der Waals surface area contributed by atoms with Gasteiger partial charge in [0.25, 0.3) is 0 Å². The van der Waals surface area contributed by atoms with Gasteiger partial charge in [0.15, 0.2) is 0 Å². The molecule has 1 rings (SSSR count). The van der Waals surface area contributed by atoms with Crippen molar-refractivity contribution in [2.75, 3.05) is 7.11 Å². The van der Waals surface area contributed by atoms with Gasteiger partial charge in [-0.3, -0.25) is 0 Å². The minimum absolute atomic E-state index is 0.0807. The Morgan fingerprint density at radius 2 is 1.88 bits per heavy atom. The summed E-state index contributed by atoms with van der Waals surface area (Å²) in [6, 6.07) is 3.69. The highest BCUT2D eigenvalue weighted by atomic mass is 79.9. The number of rotatable bonds is 3. The molecule has 0 saturated heterocycles. The van der Waals surface area contributed by atoms with Gasteiger partial charge in [-0.05, 0) is 49.6 Å². The molecule has 0 aliphatic heterocycles. The quantitative estimate of drug-likeness (QED) is 0.496. The van der Waals surface area contributed by atoms with E-state index in [0.717, 1.165) is 20.3 Å². The summed E-state index contributed by atoms with van der Waals surface area (Å²) in [7, 11) is 1.60.